The van der Waals surface area contributed by atoms with E-state index in [0.29, 0.717) is 54.5 Å². The second kappa shape index (κ2) is 11.1. The third kappa shape index (κ3) is 4.66. The number of nitrogens with zero attached hydrogens (tertiary/aromatic N) is 5. The molecular formula is C36H31ClF3N5O2. The second-order valence-corrected chi connectivity index (χ2v) is 13.5. The maximum Gasteiger partial charge on any atom is 0.282 e. The van der Waals surface area contributed by atoms with E-state index in [0.717, 1.165) is 35.9 Å². The summed E-state index contributed by atoms with van der Waals surface area (Å²) in [6.45, 7) is 5.35. The van der Waals surface area contributed by atoms with Crippen molar-refractivity contribution >= 4 is 44.9 Å². The van der Waals surface area contributed by atoms with E-state index in [1.165, 1.54) is 11.0 Å². The Balaban J connectivity index is 1.25. The minimum atomic E-state index is -0.990. The molecule has 0 radical (unpaired) electrons. The second-order valence-electron chi connectivity index (χ2n) is 13.1. The Morgan fingerprint density at radius 2 is 2.02 bits per heavy atom. The van der Waals surface area contributed by atoms with Gasteiger partial charge in [-0.2, -0.15) is 5.26 Å². The normalized spacial score (nSPS) is 25.1. The van der Waals surface area contributed by atoms with E-state index in [1.807, 2.05) is 36.4 Å². The van der Waals surface area contributed by atoms with Gasteiger partial charge < -0.3 is 14.5 Å². The van der Waals surface area contributed by atoms with Gasteiger partial charge in [0.05, 0.1) is 33.8 Å². The Labute approximate surface area is 274 Å². The van der Waals surface area contributed by atoms with Gasteiger partial charge in [-0.25, -0.2) is 18.2 Å². The number of rotatable bonds is 6. The number of nitriles is 1. The van der Waals surface area contributed by atoms with E-state index < -0.39 is 29.3 Å². The minimum absolute atomic E-state index is 0.0294. The van der Waals surface area contributed by atoms with E-state index in [2.05, 4.69) is 22.4 Å². The highest BCUT2D eigenvalue weighted by Crippen LogP contribution is 2.46. The zero-order valence-corrected chi connectivity index (χ0v) is 26.2. The molecule has 3 aromatic carbocycles. The predicted molar refractivity (Wildman–Crippen MR) is 174 cm³/mol. The molecule has 4 atom stereocenters. The molecule has 0 N–H and O–H groups in total. The van der Waals surface area contributed by atoms with Crippen LogP contribution in [0, 0.1) is 17.1 Å². The van der Waals surface area contributed by atoms with Crippen LogP contribution in [-0.2, 0) is 4.79 Å². The number of alkyl halides is 1. The molecule has 4 fully saturated rings. The van der Waals surface area contributed by atoms with Crippen LogP contribution in [0.2, 0.25) is 5.02 Å². The number of carbonyl (C=O) groups is 1. The number of hydrogen-bond acceptors (Lipinski definition) is 6. The lowest BCUT2D eigenvalue weighted by Gasteiger charge is -2.48. The van der Waals surface area contributed by atoms with Crippen molar-refractivity contribution in [2.45, 2.75) is 49.5 Å². The van der Waals surface area contributed by atoms with Crippen molar-refractivity contribution in [1.82, 2.24) is 14.8 Å². The quantitative estimate of drug-likeness (QED) is 0.209. The summed E-state index contributed by atoms with van der Waals surface area (Å²) in [5.41, 5.74) is 2.47. The van der Waals surface area contributed by atoms with E-state index >= 15 is 0 Å². The van der Waals surface area contributed by atoms with Crippen LogP contribution in [0.1, 0.15) is 31.2 Å². The third-order valence-corrected chi connectivity index (χ3v) is 11.0. The van der Waals surface area contributed by atoms with Crippen molar-refractivity contribution in [3.8, 4) is 23.1 Å². The van der Waals surface area contributed by atoms with Gasteiger partial charge in [0.2, 0.25) is 5.88 Å². The van der Waals surface area contributed by atoms with E-state index in [4.69, 9.17) is 21.3 Å². The van der Waals surface area contributed by atoms with E-state index in [9.17, 15) is 23.2 Å². The molecule has 4 aromatic rings. The van der Waals surface area contributed by atoms with Crippen LogP contribution in [-0.4, -0.2) is 77.3 Å². The number of hydrogen-bond donors (Lipinski definition) is 0. The molecule has 240 valence electrons. The molecule has 0 saturated carbocycles. The van der Waals surface area contributed by atoms with Crippen molar-refractivity contribution < 1.29 is 22.7 Å². The van der Waals surface area contributed by atoms with E-state index in [-0.39, 0.29) is 35.2 Å². The third-order valence-electron chi connectivity index (χ3n) is 10.6. The van der Waals surface area contributed by atoms with Crippen LogP contribution < -0.4 is 9.64 Å². The summed E-state index contributed by atoms with van der Waals surface area (Å²) in [5, 5.41) is 12.7. The number of ether oxygens (including phenoxy) is 1. The summed E-state index contributed by atoms with van der Waals surface area (Å²) in [6.07, 6.45) is 1.80. The fourth-order valence-electron chi connectivity index (χ4n) is 8.38. The summed E-state index contributed by atoms with van der Waals surface area (Å²) < 4.78 is 49.4. The molecule has 4 aliphatic rings. The largest absolute Gasteiger partial charge is 0.475 e. The van der Waals surface area contributed by atoms with Crippen LogP contribution in [0.4, 0.5) is 18.9 Å². The van der Waals surface area contributed by atoms with Gasteiger partial charge in [0, 0.05) is 36.8 Å². The van der Waals surface area contributed by atoms with Gasteiger partial charge in [-0.15, -0.1) is 0 Å². The smallest absolute Gasteiger partial charge is 0.282 e. The lowest BCUT2D eigenvalue weighted by atomic mass is 9.92. The van der Waals surface area contributed by atoms with Crippen molar-refractivity contribution in [2.75, 3.05) is 37.7 Å². The van der Waals surface area contributed by atoms with E-state index in [1.54, 1.807) is 6.07 Å². The first-order valence-electron chi connectivity index (χ1n) is 15.9. The summed E-state index contributed by atoms with van der Waals surface area (Å²) in [6, 6.07) is 16.3. The number of aromatic nitrogens is 1. The van der Waals surface area contributed by atoms with Gasteiger partial charge in [-0.3, -0.25) is 9.69 Å². The van der Waals surface area contributed by atoms with Gasteiger partial charge in [0.1, 0.15) is 30.2 Å². The molecule has 47 heavy (non-hydrogen) atoms. The molecule has 0 aliphatic carbocycles. The average molecular weight is 658 g/mol. The number of benzene rings is 3. The fraction of sp³-hybridized carbons (Fsp3) is 0.361. The highest BCUT2D eigenvalue weighted by atomic mass is 35.5. The van der Waals surface area contributed by atoms with Gasteiger partial charge in [-0.05, 0) is 54.5 Å². The molecule has 1 amide bonds. The van der Waals surface area contributed by atoms with Crippen LogP contribution in [0.5, 0.6) is 5.88 Å². The molecule has 11 heteroatoms. The predicted octanol–water partition coefficient (Wildman–Crippen LogP) is 6.95. The highest BCUT2D eigenvalue weighted by Gasteiger charge is 2.51. The maximum absolute atomic E-state index is 14.6. The molecule has 0 spiro atoms. The summed E-state index contributed by atoms with van der Waals surface area (Å²) in [5.74, 6) is -2.06. The summed E-state index contributed by atoms with van der Waals surface area (Å²) in [4.78, 5) is 23.1. The molecule has 0 bridgehead atoms. The number of pyridine rings is 1. The van der Waals surface area contributed by atoms with Crippen molar-refractivity contribution in [3.63, 3.8) is 0 Å². The number of anilines is 1. The zero-order valence-electron chi connectivity index (χ0n) is 25.5. The maximum atomic E-state index is 14.6. The standard InChI is InChI=1S/C36H31ClF3N5O2/c1-20(38)35(46)44-13-10-29-30(44)18-45(29)33-25-8-6-22(24-5-2-4-21-7-9-27(40)32(37)31(21)24)14-28(25)42-34(26(33)16-41)47-19-36-11-3-12-43(36)17-23(39)15-36/h2,4-9,14,23,29-30H,1,3,10-13,15,17-19H2/t23-,29-,30-,36+/m1/s1. The van der Waals surface area contributed by atoms with Crippen molar-refractivity contribution in [2.24, 2.45) is 0 Å². The van der Waals surface area contributed by atoms with Crippen LogP contribution in [0.3, 0.4) is 0 Å². The first-order chi connectivity index (χ1) is 22.7. The molecule has 7 nitrogen and oxygen atoms in total. The molecule has 4 saturated heterocycles. The molecule has 0 unspecified atom stereocenters. The fourth-order valence-corrected chi connectivity index (χ4v) is 8.66. The zero-order chi connectivity index (χ0) is 32.6. The molecule has 4 aliphatic heterocycles. The van der Waals surface area contributed by atoms with Gasteiger partial charge in [0.15, 0.2) is 5.83 Å². The SMILES string of the molecule is C=C(F)C(=O)N1CC[C@@H]2[C@H]1CN2c1c(C#N)c(OC[C@@]23CCCN2C[C@H](F)C3)nc2cc(-c3cccc4ccc(F)c(Cl)c34)ccc12. The number of likely N-dealkylation sites (tertiary alicyclic amines) is 1. The Kier molecular flexibility index (Phi) is 7.12. The van der Waals surface area contributed by atoms with Crippen molar-refractivity contribution in [3.05, 3.63) is 77.3 Å². The molecule has 1 aromatic heterocycles. The Bertz CT molecular complexity index is 2030. The Hall–Kier alpha value is -4.33. The van der Waals surface area contributed by atoms with Gasteiger partial charge in [0.25, 0.3) is 5.91 Å². The highest BCUT2D eigenvalue weighted by molar-refractivity contribution is 6.37. The topological polar surface area (TPSA) is 72.7 Å². The number of amides is 1. The number of halogens is 4. The Morgan fingerprint density at radius 1 is 1.17 bits per heavy atom. The summed E-state index contributed by atoms with van der Waals surface area (Å²) >= 11 is 6.48. The van der Waals surface area contributed by atoms with Crippen LogP contribution >= 0.6 is 11.6 Å². The lowest BCUT2D eigenvalue weighted by Crippen LogP contribution is -2.63. The number of carbonyl (C=O) groups excluding carboxylic acids is 1. The van der Waals surface area contributed by atoms with Crippen LogP contribution in [0.15, 0.2) is 60.9 Å². The molecular weight excluding hydrogens is 627 g/mol. The first kappa shape index (κ1) is 30.0. The lowest BCUT2D eigenvalue weighted by molar-refractivity contribution is -0.130. The van der Waals surface area contributed by atoms with Gasteiger partial charge in [-0.1, -0.05) is 54.6 Å². The minimum Gasteiger partial charge on any atom is -0.475 e. The summed E-state index contributed by atoms with van der Waals surface area (Å²) in [7, 11) is 0. The van der Waals surface area contributed by atoms with Gasteiger partial charge >= 0.3 is 0 Å². The molecule has 8 rings (SSSR count). The average Bonchev–Trinajstić information content (AvgIpc) is 3.70. The number of fused-ring (bicyclic) bond motifs is 4. The Morgan fingerprint density at radius 3 is 2.83 bits per heavy atom. The first-order valence-corrected chi connectivity index (χ1v) is 16.3. The monoisotopic (exact) mass is 657 g/mol. The molecule has 5 heterocycles. The van der Waals surface area contributed by atoms with Crippen LogP contribution in [0.25, 0.3) is 32.8 Å². The van der Waals surface area contributed by atoms with Crippen molar-refractivity contribution in [1.29, 1.82) is 5.26 Å².